The highest BCUT2D eigenvalue weighted by atomic mass is 35.5. The van der Waals surface area contributed by atoms with Crippen LogP contribution < -0.4 is 4.90 Å². The lowest BCUT2D eigenvalue weighted by molar-refractivity contribution is -0.130. The molecule has 0 N–H and O–H groups in total. The highest BCUT2D eigenvalue weighted by molar-refractivity contribution is 6.32. The van der Waals surface area contributed by atoms with Crippen molar-refractivity contribution in [2.45, 2.75) is 25.7 Å². The largest absolute Gasteiger partial charge is 0.341 e. The molecule has 3 amide bonds. The van der Waals surface area contributed by atoms with Crippen LogP contribution in [0.3, 0.4) is 0 Å². The molecule has 3 aliphatic rings. The summed E-state index contributed by atoms with van der Waals surface area (Å²) >= 11 is 6.43. The molecular formula is C21H23ClN6O2. The molecule has 0 atom stereocenters. The molecule has 1 aromatic carbocycles. The summed E-state index contributed by atoms with van der Waals surface area (Å²) in [6.45, 7) is 2.72. The zero-order chi connectivity index (χ0) is 20.7. The highest BCUT2D eigenvalue weighted by Crippen LogP contribution is 2.34. The van der Waals surface area contributed by atoms with Gasteiger partial charge in [-0.3, -0.25) is 19.6 Å². The van der Waals surface area contributed by atoms with Gasteiger partial charge in [-0.25, -0.2) is 9.48 Å². The normalized spacial score (nSPS) is 18.8. The third kappa shape index (κ3) is 3.15. The van der Waals surface area contributed by atoms with Gasteiger partial charge in [0.2, 0.25) is 5.91 Å². The number of para-hydroxylation sites is 1. The van der Waals surface area contributed by atoms with E-state index in [1.54, 1.807) is 21.8 Å². The SMILES string of the molecule is O=C(CN1C(=O)N2CCCN=C2c2cnn(-c3ccccc3Cl)c21)N1CCCCC1. The van der Waals surface area contributed by atoms with Gasteiger partial charge in [0.05, 0.1) is 22.5 Å². The van der Waals surface area contributed by atoms with Crippen LogP contribution in [0.2, 0.25) is 5.02 Å². The first-order valence-corrected chi connectivity index (χ1v) is 10.8. The number of aromatic nitrogens is 2. The van der Waals surface area contributed by atoms with E-state index in [4.69, 9.17) is 11.6 Å². The molecule has 2 aromatic rings. The standard InChI is InChI=1S/C21H23ClN6O2/c22-16-7-2-3-8-17(16)28-20-15(13-24-28)19-23-9-6-12-26(19)21(30)27(20)14-18(29)25-10-4-1-5-11-25/h2-3,7-8,13H,1,4-6,9-12,14H2. The van der Waals surface area contributed by atoms with E-state index in [0.29, 0.717) is 35.5 Å². The van der Waals surface area contributed by atoms with E-state index in [2.05, 4.69) is 10.1 Å². The van der Waals surface area contributed by atoms with Gasteiger partial charge in [-0.2, -0.15) is 5.10 Å². The fourth-order valence-corrected chi connectivity index (χ4v) is 4.55. The molecular weight excluding hydrogens is 404 g/mol. The van der Waals surface area contributed by atoms with E-state index >= 15 is 0 Å². The average molecular weight is 427 g/mol. The van der Waals surface area contributed by atoms with Crippen molar-refractivity contribution in [1.82, 2.24) is 19.6 Å². The Hall–Kier alpha value is -2.87. The second kappa shape index (κ2) is 7.75. The highest BCUT2D eigenvalue weighted by Gasteiger charge is 2.41. The number of amides is 3. The molecule has 0 saturated carbocycles. The number of benzene rings is 1. The van der Waals surface area contributed by atoms with Gasteiger partial charge in [0, 0.05) is 26.2 Å². The predicted octanol–water partition coefficient (Wildman–Crippen LogP) is 2.93. The number of nitrogens with zero attached hydrogens (tertiary/aromatic N) is 6. The molecule has 5 rings (SSSR count). The number of hydrogen-bond acceptors (Lipinski definition) is 4. The van der Waals surface area contributed by atoms with E-state index in [1.165, 1.54) is 4.90 Å². The maximum absolute atomic E-state index is 13.4. The quantitative estimate of drug-likeness (QED) is 0.757. The first-order chi connectivity index (χ1) is 14.6. The number of likely N-dealkylation sites (tertiary alicyclic amines) is 1. The molecule has 1 fully saturated rings. The van der Waals surface area contributed by atoms with E-state index in [-0.39, 0.29) is 18.5 Å². The van der Waals surface area contributed by atoms with Crippen LogP contribution in [0.1, 0.15) is 31.2 Å². The van der Waals surface area contributed by atoms with Gasteiger partial charge in [-0.15, -0.1) is 0 Å². The minimum atomic E-state index is -0.236. The zero-order valence-corrected chi connectivity index (χ0v) is 17.4. The summed E-state index contributed by atoms with van der Waals surface area (Å²) in [6.07, 6.45) is 5.66. The van der Waals surface area contributed by atoms with Crippen molar-refractivity contribution in [2.75, 3.05) is 37.6 Å². The predicted molar refractivity (Wildman–Crippen MR) is 114 cm³/mol. The Balaban J connectivity index is 1.59. The third-order valence-electron chi connectivity index (χ3n) is 5.84. The number of fused-ring (bicyclic) bond motifs is 3. The smallest absolute Gasteiger partial charge is 0.331 e. The van der Waals surface area contributed by atoms with Crippen molar-refractivity contribution in [3.05, 3.63) is 41.0 Å². The zero-order valence-electron chi connectivity index (χ0n) is 16.6. The van der Waals surface area contributed by atoms with Crippen LogP contribution in [-0.2, 0) is 4.79 Å². The number of carbonyl (C=O) groups is 2. The number of aliphatic imine (C=N–C) groups is 1. The van der Waals surface area contributed by atoms with Gasteiger partial charge in [-0.1, -0.05) is 23.7 Å². The first-order valence-electron chi connectivity index (χ1n) is 10.4. The fraction of sp³-hybridized carbons (Fsp3) is 0.429. The minimum absolute atomic E-state index is 0.0221. The van der Waals surface area contributed by atoms with Gasteiger partial charge in [-0.05, 0) is 37.8 Å². The van der Waals surface area contributed by atoms with Crippen LogP contribution >= 0.6 is 11.6 Å². The molecule has 3 aliphatic heterocycles. The molecule has 0 aliphatic carbocycles. The molecule has 30 heavy (non-hydrogen) atoms. The lowest BCUT2D eigenvalue weighted by Gasteiger charge is -2.38. The summed E-state index contributed by atoms with van der Waals surface area (Å²) in [5.74, 6) is 1.13. The molecule has 4 heterocycles. The Kier molecular flexibility index (Phi) is 4.94. The van der Waals surface area contributed by atoms with Crippen molar-refractivity contribution in [3.8, 4) is 5.69 Å². The Morgan fingerprint density at radius 3 is 2.67 bits per heavy atom. The molecule has 0 spiro atoms. The van der Waals surface area contributed by atoms with E-state index in [9.17, 15) is 9.59 Å². The summed E-state index contributed by atoms with van der Waals surface area (Å²) < 4.78 is 1.65. The summed E-state index contributed by atoms with van der Waals surface area (Å²) in [7, 11) is 0. The van der Waals surface area contributed by atoms with Gasteiger partial charge in [0.25, 0.3) is 0 Å². The second-order valence-electron chi connectivity index (χ2n) is 7.77. The molecule has 156 valence electrons. The van der Waals surface area contributed by atoms with Crippen LogP contribution in [0, 0.1) is 0 Å². The minimum Gasteiger partial charge on any atom is -0.341 e. The third-order valence-corrected chi connectivity index (χ3v) is 6.16. The van der Waals surface area contributed by atoms with Crippen LogP contribution in [0.15, 0.2) is 35.5 Å². The average Bonchev–Trinajstić information content (AvgIpc) is 3.22. The molecule has 0 radical (unpaired) electrons. The lowest BCUT2D eigenvalue weighted by Crippen LogP contribution is -2.56. The summed E-state index contributed by atoms with van der Waals surface area (Å²) in [5, 5.41) is 5.05. The molecule has 0 unspecified atom stereocenters. The number of hydrogen-bond donors (Lipinski definition) is 0. The van der Waals surface area contributed by atoms with Crippen molar-refractivity contribution in [2.24, 2.45) is 4.99 Å². The Morgan fingerprint density at radius 1 is 1.07 bits per heavy atom. The van der Waals surface area contributed by atoms with Crippen LogP contribution in [0.5, 0.6) is 0 Å². The Morgan fingerprint density at radius 2 is 1.87 bits per heavy atom. The lowest BCUT2D eigenvalue weighted by atomic mass is 10.1. The number of piperidine rings is 1. The summed E-state index contributed by atoms with van der Waals surface area (Å²) in [5.41, 5.74) is 1.41. The second-order valence-corrected chi connectivity index (χ2v) is 8.17. The van der Waals surface area contributed by atoms with E-state index in [1.807, 2.05) is 23.1 Å². The number of carbonyl (C=O) groups excluding carboxylic acids is 2. The van der Waals surface area contributed by atoms with Crippen molar-refractivity contribution >= 4 is 35.2 Å². The maximum atomic E-state index is 13.4. The van der Waals surface area contributed by atoms with E-state index in [0.717, 1.165) is 44.3 Å². The fourth-order valence-electron chi connectivity index (χ4n) is 4.34. The maximum Gasteiger partial charge on any atom is 0.331 e. The first kappa shape index (κ1) is 19.1. The van der Waals surface area contributed by atoms with E-state index < -0.39 is 0 Å². The molecule has 0 bridgehead atoms. The van der Waals surface area contributed by atoms with Crippen LogP contribution in [0.25, 0.3) is 5.69 Å². The van der Waals surface area contributed by atoms with Gasteiger partial charge in [0.15, 0.2) is 5.82 Å². The molecule has 1 saturated heterocycles. The summed E-state index contributed by atoms with van der Waals surface area (Å²) in [6, 6.07) is 7.11. The molecule has 8 nitrogen and oxygen atoms in total. The van der Waals surface area contributed by atoms with Crippen LogP contribution in [-0.4, -0.2) is 70.1 Å². The van der Waals surface area contributed by atoms with Crippen molar-refractivity contribution < 1.29 is 9.59 Å². The topological polar surface area (TPSA) is 74.0 Å². The molecule has 9 heteroatoms. The monoisotopic (exact) mass is 426 g/mol. The van der Waals surface area contributed by atoms with Crippen molar-refractivity contribution in [3.63, 3.8) is 0 Å². The van der Waals surface area contributed by atoms with Gasteiger partial charge in [0.1, 0.15) is 12.4 Å². The van der Waals surface area contributed by atoms with Gasteiger partial charge < -0.3 is 4.90 Å². The number of amidine groups is 1. The van der Waals surface area contributed by atoms with Crippen LogP contribution in [0.4, 0.5) is 10.6 Å². The number of rotatable bonds is 3. The Bertz CT molecular complexity index is 1030. The number of anilines is 1. The number of urea groups is 1. The number of halogens is 1. The van der Waals surface area contributed by atoms with Gasteiger partial charge >= 0.3 is 6.03 Å². The molecule has 1 aromatic heterocycles. The summed E-state index contributed by atoms with van der Waals surface area (Å²) in [4.78, 5) is 36.1. The Labute approximate surface area is 179 Å². The van der Waals surface area contributed by atoms with Crippen molar-refractivity contribution in [1.29, 1.82) is 0 Å².